The molecule has 0 aliphatic carbocycles. The summed E-state index contributed by atoms with van der Waals surface area (Å²) in [5.41, 5.74) is 7.37. The Hall–Kier alpha value is -3.03. The van der Waals surface area contributed by atoms with Crippen molar-refractivity contribution in [3.05, 3.63) is 36.4 Å². The number of nitrogen functional groups attached to an aromatic ring is 1. The minimum absolute atomic E-state index is 0.0227. The quantitative estimate of drug-likeness (QED) is 0.615. The number of rotatable bonds is 2. The van der Waals surface area contributed by atoms with Gasteiger partial charge in [0.2, 0.25) is 11.8 Å². The highest BCUT2D eigenvalue weighted by molar-refractivity contribution is 6.02. The fourth-order valence-electron chi connectivity index (χ4n) is 1.61. The number of aromatic nitrogens is 5. The summed E-state index contributed by atoms with van der Waals surface area (Å²) in [6.07, 6.45) is 3.20. The minimum atomic E-state index is -0.424. The van der Waals surface area contributed by atoms with E-state index in [1.54, 1.807) is 30.6 Å². The number of carbonyl (C=O) groups excluding carboxylic acids is 1. The maximum Gasteiger partial charge on any atom is 0.293 e. The van der Waals surface area contributed by atoms with Gasteiger partial charge in [0.1, 0.15) is 0 Å². The van der Waals surface area contributed by atoms with Gasteiger partial charge < -0.3 is 11.1 Å². The second kappa shape index (κ2) is 4.33. The molecule has 0 fully saturated rings. The summed E-state index contributed by atoms with van der Waals surface area (Å²) in [4.78, 5) is 23.9. The lowest BCUT2D eigenvalue weighted by Crippen LogP contribution is -2.13. The Morgan fingerprint density at radius 1 is 1.21 bits per heavy atom. The third-order valence-corrected chi connectivity index (χ3v) is 2.44. The highest BCUT2D eigenvalue weighted by Crippen LogP contribution is 2.15. The Bertz CT molecular complexity index is 751. The van der Waals surface area contributed by atoms with Gasteiger partial charge in [0, 0.05) is 18.1 Å². The highest BCUT2D eigenvalue weighted by Gasteiger charge is 2.11. The third-order valence-electron chi connectivity index (χ3n) is 2.44. The average Bonchev–Trinajstić information content (AvgIpc) is 2.85. The summed E-state index contributed by atoms with van der Waals surface area (Å²) < 4.78 is 0. The van der Waals surface area contributed by atoms with Gasteiger partial charge in [-0.05, 0) is 18.2 Å². The van der Waals surface area contributed by atoms with Crippen molar-refractivity contribution in [1.82, 2.24) is 25.1 Å². The SMILES string of the molecule is Nc1n[nH]c(C(=O)Nc2ccc3nccnc3c2)n1. The molecule has 0 spiro atoms. The van der Waals surface area contributed by atoms with Crippen LogP contribution in [0.25, 0.3) is 11.0 Å². The van der Waals surface area contributed by atoms with Crippen molar-refractivity contribution in [1.29, 1.82) is 0 Å². The van der Waals surface area contributed by atoms with E-state index in [0.29, 0.717) is 11.2 Å². The van der Waals surface area contributed by atoms with Crippen molar-refractivity contribution in [2.75, 3.05) is 11.1 Å². The van der Waals surface area contributed by atoms with Crippen molar-refractivity contribution < 1.29 is 4.79 Å². The lowest BCUT2D eigenvalue weighted by Gasteiger charge is -2.03. The van der Waals surface area contributed by atoms with Crippen LogP contribution in [0.1, 0.15) is 10.6 Å². The van der Waals surface area contributed by atoms with E-state index in [4.69, 9.17) is 5.73 Å². The molecule has 0 radical (unpaired) electrons. The standard InChI is InChI=1S/C11H9N7O/c12-11-16-9(17-18-11)10(19)15-6-1-2-7-8(5-6)14-4-3-13-7/h1-5H,(H,15,19)(H3,12,16,17,18). The molecule has 4 N–H and O–H groups in total. The molecule has 0 aliphatic heterocycles. The van der Waals surface area contributed by atoms with Crippen LogP contribution in [0.3, 0.4) is 0 Å². The summed E-state index contributed by atoms with van der Waals surface area (Å²) in [5, 5.41) is 8.69. The first-order valence-electron chi connectivity index (χ1n) is 5.42. The van der Waals surface area contributed by atoms with Crippen molar-refractivity contribution in [2.24, 2.45) is 0 Å². The van der Waals surface area contributed by atoms with Gasteiger partial charge in [-0.1, -0.05) is 0 Å². The van der Waals surface area contributed by atoms with E-state index in [0.717, 1.165) is 5.52 Å². The average molecular weight is 255 g/mol. The van der Waals surface area contributed by atoms with E-state index in [2.05, 4.69) is 30.5 Å². The molecular weight excluding hydrogens is 246 g/mol. The molecular formula is C11H9N7O. The Morgan fingerprint density at radius 3 is 2.74 bits per heavy atom. The monoisotopic (exact) mass is 255 g/mol. The number of carbonyl (C=O) groups is 1. The van der Waals surface area contributed by atoms with Crippen molar-refractivity contribution >= 4 is 28.6 Å². The number of hydrogen-bond donors (Lipinski definition) is 3. The van der Waals surface area contributed by atoms with Crippen LogP contribution in [-0.2, 0) is 0 Å². The van der Waals surface area contributed by atoms with Gasteiger partial charge in [-0.25, -0.2) is 0 Å². The molecule has 0 bridgehead atoms. The van der Waals surface area contributed by atoms with Crippen LogP contribution in [0, 0.1) is 0 Å². The van der Waals surface area contributed by atoms with Gasteiger partial charge in [-0.3, -0.25) is 19.9 Å². The van der Waals surface area contributed by atoms with Crippen LogP contribution in [0.2, 0.25) is 0 Å². The molecule has 1 amide bonds. The summed E-state index contributed by atoms with van der Waals surface area (Å²) in [6, 6.07) is 5.22. The fourth-order valence-corrected chi connectivity index (χ4v) is 1.61. The fraction of sp³-hybridized carbons (Fsp3) is 0. The molecule has 2 heterocycles. The first-order chi connectivity index (χ1) is 9.22. The van der Waals surface area contributed by atoms with Crippen LogP contribution < -0.4 is 11.1 Å². The van der Waals surface area contributed by atoms with Crippen molar-refractivity contribution in [3.63, 3.8) is 0 Å². The number of nitrogens with zero attached hydrogens (tertiary/aromatic N) is 4. The van der Waals surface area contributed by atoms with Crippen LogP contribution in [0.5, 0.6) is 0 Å². The van der Waals surface area contributed by atoms with Crippen molar-refractivity contribution in [3.8, 4) is 0 Å². The highest BCUT2D eigenvalue weighted by atomic mass is 16.2. The van der Waals surface area contributed by atoms with E-state index in [-0.39, 0.29) is 11.8 Å². The number of hydrogen-bond acceptors (Lipinski definition) is 6. The molecule has 0 aliphatic rings. The Balaban J connectivity index is 1.87. The van der Waals surface area contributed by atoms with Crippen molar-refractivity contribution in [2.45, 2.75) is 0 Å². The number of anilines is 2. The van der Waals surface area contributed by atoms with Gasteiger partial charge in [0.05, 0.1) is 11.0 Å². The molecule has 1 aromatic carbocycles. The number of H-pyrrole nitrogens is 1. The van der Waals surface area contributed by atoms with Gasteiger partial charge in [-0.2, -0.15) is 4.98 Å². The number of benzene rings is 1. The smallest absolute Gasteiger partial charge is 0.293 e. The topological polar surface area (TPSA) is 122 Å². The van der Waals surface area contributed by atoms with E-state index in [9.17, 15) is 4.79 Å². The summed E-state index contributed by atoms with van der Waals surface area (Å²) in [7, 11) is 0. The zero-order valence-corrected chi connectivity index (χ0v) is 9.66. The second-order valence-corrected chi connectivity index (χ2v) is 3.76. The molecule has 0 saturated carbocycles. The first-order valence-corrected chi connectivity index (χ1v) is 5.42. The predicted octanol–water partition coefficient (Wildman–Crippen LogP) is 0.582. The number of nitrogens with one attached hydrogen (secondary N) is 2. The lowest BCUT2D eigenvalue weighted by atomic mass is 10.2. The van der Waals surface area contributed by atoms with Gasteiger partial charge in [0.15, 0.2) is 0 Å². The van der Waals surface area contributed by atoms with Gasteiger partial charge in [0.25, 0.3) is 5.91 Å². The zero-order valence-electron chi connectivity index (χ0n) is 9.66. The molecule has 94 valence electrons. The van der Waals surface area contributed by atoms with Crippen LogP contribution in [0.4, 0.5) is 11.6 Å². The maximum absolute atomic E-state index is 11.8. The zero-order chi connectivity index (χ0) is 13.2. The number of fused-ring (bicyclic) bond motifs is 1. The van der Waals surface area contributed by atoms with Gasteiger partial charge >= 0.3 is 0 Å². The Morgan fingerprint density at radius 2 is 2.00 bits per heavy atom. The number of amides is 1. The minimum Gasteiger partial charge on any atom is -0.366 e. The van der Waals surface area contributed by atoms with Crippen LogP contribution in [-0.4, -0.2) is 31.1 Å². The van der Waals surface area contributed by atoms with E-state index >= 15 is 0 Å². The summed E-state index contributed by atoms with van der Waals surface area (Å²) >= 11 is 0. The molecule has 0 saturated heterocycles. The molecule has 19 heavy (non-hydrogen) atoms. The Labute approximate surface area is 107 Å². The molecule has 8 heteroatoms. The molecule has 2 aromatic heterocycles. The number of aromatic amines is 1. The van der Waals surface area contributed by atoms with Gasteiger partial charge in [-0.15, -0.1) is 5.10 Å². The predicted molar refractivity (Wildman–Crippen MR) is 68.3 cm³/mol. The van der Waals surface area contributed by atoms with E-state index in [1.165, 1.54) is 0 Å². The largest absolute Gasteiger partial charge is 0.366 e. The Kier molecular flexibility index (Phi) is 2.53. The molecule has 3 rings (SSSR count). The maximum atomic E-state index is 11.8. The first kappa shape index (κ1) is 11.1. The van der Waals surface area contributed by atoms with E-state index < -0.39 is 5.91 Å². The molecule has 0 atom stereocenters. The number of nitrogens with two attached hydrogens (primary N) is 1. The molecule has 3 aromatic rings. The normalized spacial score (nSPS) is 10.5. The van der Waals surface area contributed by atoms with Crippen LogP contribution >= 0.6 is 0 Å². The second-order valence-electron chi connectivity index (χ2n) is 3.76. The lowest BCUT2D eigenvalue weighted by molar-refractivity contribution is 0.101. The van der Waals surface area contributed by atoms with E-state index in [1.807, 2.05) is 0 Å². The van der Waals surface area contributed by atoms with Crippen LogP contribution in [0.15, 0.2) is 30.6 Å². The molecule has 0 unspecified atom stereocenters. The third kappa shape index (κ3) is 2.18. The summed E-state index contributed by atoms with van der Waals surface area (Å²) in [5.74, 6) is -0.348. The molecule has 8 nitrogen and oxygen atoms in total. The summed E-state index contributed by atoms with van der Waals surface area (Å²) in [6.45, 7) is 0.